The van der Waals surface area contributed by atoms with Gasteiger partial charge in [-0.25, -0.2) is 19.7 Å². The molecule has 10 nitrogen and oxygen atoms in total. The van der Waals surface area contributed by atoms with Crippen molar-refractivity contribution in [2.75, 3.05) is 56.2 Å². The number of nitrogens with zero attached hydrogens (tertiary/aromatic N) is 5. The van der Waals surface area contributed by atoms with Crippen LogP contribution >= 0.6 is 11.3 Å². The summed E-state index contributed by atoms with van der Waals surface area (Å²) >= 11 is 1.07. The van der Waals surface area contributed by atoms with E-state index >= 15 is 0 Å². The molecule has 11 heteroatoms. The molecule has 1 atom stereocenters. The number of nitrogens with one attached hydrogen (secondary N) is 1. The molecule has 2 aromatic rings. The minimum absolute atomic E-state index is 0.0466. The number of hydrogen-bond donors (Lipinski definition) is 2. The van der Waals surface area contributed by atoms with Crippen LogP contribution in [0.3, 0.4) is 0 Å². The maximum atomic E-state index is 11.0. The molecule has 1 aliphatic rings. The van der Waals surface area contributed by atoms with Gasteiger partial charge in [-0.3, -0.25) is 4.90 Å². The Labute approximate surface area is 179 Å². The predicted molar refractivity (Wildman–Crippen MR) is 115 cm³/mol. The van der Waals surface area contributed by atoms with E-state index in [1.165, 1.54) is 6.20 Å². The number of hydrogen-bond acceptors (Lipinski definition) is 10. The lowest BCUT2D eigenvalue weighted by atomic mass is 10.3. The Hall–Kier alpha value is -2.34. The number of aromatic carboxylic acids is 1. The molecule has 2 aromatic heterocycles. The summed E-state index contributed by atoms with van der Waals surface area (Å²) in [5, 5.41) is 12.6. The molecule has 0 spiro atoms. The van der Waals surface area contributed by atoms with Crippen LogP contribution in [-0.2, 0) is 9.47 Å². The molecule has 0 amide bonds. The van der Waals surface area contributed by atoms with Gasteiger partial charge >= 0.3 is 5.97 Å². The van der Waals surface area contributed by atoms with Gasteiger partial charge in [0, 0.05) is 38.9 Å². The summed E-state index contributed by atoms with van der Waals surface area (Å²) in [5.74, 6) is 1.08. The lowest BCUT2D eigenvalue weighted by molar-refractivity contribution is -0.0669. The molecule has 0 aliphatic carbocycles. The van der Waals surface area contributed by atoms with Crippen LogP contribution in [0.25, 0.3) is 0 Å². The van der Waals surface area contributed by atoms with E-state index < -0.39 is 5.97 Å². The van der Waals surface area contributed by atoms with Gasteiger partial charge in [0.15, 0.2) is 5.13 Å². The number of aryl methyl sites for hydroxylation is 1. The molecule has 30 heavy (non-hydrogen) atoms. The third kappa shape index (κ3) is 6.08. The Bertz CT molecular complexity index is 840. The third-order valence-corrected chi connectivity index (χ3v) is 5.62. The SMILES string of the molecule is CCOCCOC(C)N1CCN(c2cc(Nc3ncc(C(=O)O)s3)nc(C)n2)CC1. The summed E-state index contributed by atoms with van der Waals surface area (Å²) in [6.07, 6.45) is 1.38. The largest absolute Gasteiger partial charge is 0.477 e. The van der Waals surface area contributed by atoms with Gasteiger partial charge in [0.2, 0.25) is 0 Å². The standard InChI is InChI=1S/C19H28N6O4S/c1-4-28-9-10-29-14(3)24-5-7-25(8-6-24)17-11-16(21-13(2)22-17)23-19-20-12-15(30-19)18(26)27/h11-12,14H,4-10H2,1-3H3,(H,26,27)(H,20,21,22,23). The van der Waals surface area contributed by atoms with Gasteiger partial charge in [0.05, 0.1) is 19.4 Å². The maximum absolute atomic E-state index is 11.0. The number of carboxylic acid groups (broad SMARTS) is 1. The average molecular weight is 437 g/mol. The Morgan fingerprint density at radius 1 is 1.30 bits per heavy atom. The zero-order valence-corrected chi connectivity index (χ0v) is 18.3. The first-order chi connectivity index (χ1) is 14.5. The highest BCUT2D eigenvalue weighted by Crippen LogP contribution is 2.24. The minimum Gasteiger partial charge on any atom is -0.477 e. The molecule has 1 aliphatic heterocycles. The fourth-order valence-corrected chi connectivity index (χ4v) is 3.82. The fraction of sp³-hybridized carbons (Fsp3) is 0.579. The second-order valence-corrected chi connectivity index (χ2v) is 7.84. The van der Waals surface area contributed by atoms with E-state index in [9.17, 15) is 4.79 Å². The summed E-state index contributed by atoms with van der Waals surface area (Å²) in [6.45, 7) is 11.2. The van der Waals surface area contributed by atoms with E-state index in [1.54, 1.807) is 0 Å². The zero-order valence-electron chi connectivity index (χ0n) is 17.5. The van der Waals surface area contributed by atoms with E-state index in [2.05, 4.69) is 37.0 Å². The molecule has 2 N–H and O–H groups in total. The number of piperazine rings is 1. The number of ether oxygens (including phenoxy) is 2. The Kier molecular flexibility index (Phi) is 7.91. The molecule has 1 saturated heterocycles. The molecule has 1 unspecified atom stereocenters. The zero-order chi connectivity index (χ0) is 21.5. The first kappa shape index (κ1) is 22.3. The Morgan fingerprint density at radius 3 is 2.73 bits per heavy atom. The van der Waals surface area contributed by atoms with Crippen molar-refractivity contribution in [3.05, 3.63) is 23.0 Å². The number of carbonyl (C=O) groups is 1. The van der Waals surface area contributed by atoms with Crippen molar-refractivity contribution in [1.29, 1.82) is 0 Å². The van der Waals surface area contributed by atoms with E-state index in [1.807, 2.05) is 19.9 Å². The van der Waals surface area contributed by atoms with Crippen molar-refractivity contribution in [1.82, 2.24) is 19.9 Å². The highest BCUT2D eigenvalue weighted by molar-refractivity contribution is 7.17. The van der Waals surface area contributed by atoms with Crippen molar-refractivity contribution in [2.24, 2.45) is 0 Å². The quantitative estimate of drug-likeness (QED) is 0.537. The van der Waals surface area contributed by atoms with Gasteiger partial charge in [0.25, 0.3) is 0 Å². The highest BCUT2D eigenvalue weighted by Gasteiger charge is 2.23. The van der Waals surface area contributed by atoms with Gasteiger partial charge in [-0.15, -0.1) is 0 Å². The van der Waals surface area contributed by atoms with Gasteiger partial charge in [-0.05, 0) is 20.8 Å². The molecule has 1 fully saturated rings. The van der Waals surface area contributed by atoms with Crippen molar-refractivity contribution < 1.29 is 19.4 Å². The van der Waals surface area contributed by atoms with Gasteiger partial charge < -0.3 is 24.8 Å². The number of thiazole rings is 1. The smallest absolute Gasteiger partial charge is 0.347 e. The second kappa shape index (κ2) is 10.6. The highest BCUT2D eigenvalue weighted by atomic mass is 32.1. The first-order valence-electron chi connectivity index (χ1n) is 9.96. The van der Waals surface area contributed by atoms with Crippen LogP contribution in [0.5, 0.6) is 0 Å². The summed E-state index contributed by atoms with van der Waals surface area (Å²) in [7, 11) is 0. The summed E-state index contributed by atoms with van der Waals surface area (Å²) in [5.41, 5.74) is 0. The van der Waals surface area contributed by atoms with E-state index in [0.717, 1.165) is 43.3 Å². The molecule has 0 aromatic carbocycles. The molecular formula is C19H28N6O4S. The minimum atomic E-state index is -0.992. The molecular weight excluding hydrogens is 408 g/mol. The Balaban J connectivity index is 1.57. The van der Waals surface area contributed by atoms with Crippen LogP contribution in [0.15, 0.2) is 12.3 Å². The summed E-state index contributed by atoms with van der Waals surface area (Å²) in [4.78, 5) is 28.8. The number of carboxylic acids is 1. The molecule has 0 saturated carbocycles. The Morgan fingerprint density at radius 2 is 2.07 bits per heavy atom. The first-order valence-corrected chi connectivity index (χ1v) is 10.8. The fourth-order valence-electron chi connectivity index (χ4n) is 3.16. The second-order valence-electron chi connectivity index (χ2n) is 6.81. The van der Waals surface area contributed by atoms with Crippen LogP contribution in [0.1, 0.15) is 29.3 Å². The maximum Gasteiger partial charge on any atom is 0.347 e. The van der Waals surface area contributed by atoms with E-state index in [-0.39, 0.29) is 11.1 Å². The van der Waals surface area contributed by atoms with Crippen LogP contribution < -0.4 is 10.2 Å². The molecule has 164 valence electrons. The molecule has 0 radical (unpaired) electrons. The normalized spacial score (nSPS) is 15.9. The lowest BCUT2D eigenvalue weighted by Crippen LogP contribution is -2.50. The van der Waals surface area contributed by atoms with Crippen LogP contribution in [0, 0.1) is 6.92 Å². The van der Waals surface area contributed by atoms with Crippen LogP contribution in [-0.4, -0.2) is 83.2 Å². The molecule has 3 heterocycles. The average Bonchev–Trinajstić information content (AvgIpc) is 3.19. The predicted octanol–water partition coefficient (Wildman–Crippen LogP) is 2.20. The molecule has 3 rings (SSSR count). The number of anilines is 3. The van der Waals surface area contributed by atoms with Crippen molar-refractivity contribution in [3.63, 3.8) is 0 Å². The van der Waals surface area contributed by atoms with Gasteiger partial charge in [-0.1, -0.05) is 11.3 Å². The van der Waals surface area contributed by atoms with Crippen molar-refractivity contribution in [3.8, 4) is 0 Å². The lowest BCUT2D eigenvalue weighted by Gasteiger charge is -2.38. The third-order valence-electron chi connectivity index (χ3n) is 4.72. The summed E-state index contributed by atoms with van der Waals surface area (Å²) < 4.78 is 11.2. The van der Waals surface area contributed by atoms with Crippen LogP contribution in [0.2, 0.25) is 0 Å². The van der Waals surface area contributed by atoms with E-state index in [0.29, 0.717) is 36.6 Å². The van der Waals surface area contributed by atoms with E-state index in [4.69, 9.17) is 14.6 Å². The van der Waals surface area contributed by atoms with Crippen molar-refractivity contribution in [2.45, 2.75) is 27.0 Å². The van der Waals surface area contributed by atoms with Crippen LogP contribution in [0.4, 0.5) is 16.8 Å². The summed E-state index contributed by atoms with van der Waals surface area (Å²) in [6, 6.07) is 1.87. The van der Waals surface area contributed by atoms with Gasteiger partial charge in [-0.2, -0.15) is 0 Å². The monoisotopic (exact) mass is 436 g/mol. The van der Waals surface area contributed by atoms with Crippen molar-refractivity contribution >= 4 is 34.1 Å². The van der Waals surface area contributed by atoms with Gasteiger partial charge in [0.1, 0.15) is 28.6 Å². The topological polar surface area (TPSA) is 113 Å². The molecule has 0 bridgehead atoms. The number of aromatic nitrogens is 3. The number of rotatable bonds is 10.